The Morgan fingerprint density at radius 2 is 2.25 bits per heavy atom. The smallest absolute Gasteiger partial charge is 0.219 e. The van der Waals surface area contributed by atoms with Crippen LogP contribution in [0.25, 0.3) is 0 Å². The van der Waals surface area contributed by atoms with Crippen LogP contribution in [0.1, 0.15) is 33.6 Å². The maximum absolute atomic E-state index is 11.4. The summed E-state index contributed by atoms with van der Waals surface area (Å²) in [5.74, 6) is 0.207. The zero-order valence-corrected chi connectivity index (χ0v) is 10.8. The first-order chi connectivity index (χ1) is 7.56. The van der Waals surface area contributed by atoms with E-state index in [9.17, 15) is 4.79 Å². The number of rotatable bonds is 5. The molecule has 0 saturated carbocycles. The molecule has 1 unspecified atom stereocenters. The third kappa shape index (κ3) is 3.46. The lowest BCUT2D eigenvalue weighted by Crippen LogP contribution is -2.46. The Labute approximate surface area is 98.8 Å². The van der Waals surface area contributed by atoms with Crippen molar-refractivity contribution in [2.24, 2.45) is 5.73 Å². The van der Waals surface area contributed by atoms with Gasteiger partial charge in [0.05, 0.1) is 0 Å². The summed E-state index contributed by atoms with van der Waals surface area (Å²) in [6.07, 6.45) is 2.27. The first-order valence-electron chi connectivity index (χ1n) is 6.27. The Morgan fingerprint density at radius 1 is 1.56 bits per heavy atom. The Hall–Kier alpha value is -0.610. The van der Waals surface area contributed by atoms with Crippen LogP contribution in [0.3, 0.4) is 0 Å². The molecular formula is C12H25N3O. The van der Waals surface area contributed by atoms with Crippen LogP contribution in [-0.4, -0.2) is 54.0 Å². The van der Waals surface area contributed by atoms with Crippen LogP contribution in [0.15, 0.2) is 0 Å². The van der Waals surface area contributed by atoms with Gasteiger partial charge >= 0.3 is 0 Å². The largest absolute Gasteiger partial charge is 0.339 e. The maximum atomic E-state index is 11.4. The molecule has 1 aliphatic heterocycles. The average molecular weight is 227 g/mol. The minimum Gasteiger partial charge on any atom is -0.339 e. The number of carbonyl (C=O) groups is 1. The number of nitrogens with two attached hydrogens (primary N) is 1. The van der Waals surface area contributed by atoms with E-state index in [1.165, 1.54) is 0 Å². The minimum atomic E-state index is 0.207. The van der Waals surface area contributed by atoms with Crippen molar-refractivity contribution in [2.45, 2.75) is 45.7 Å². The van der Waals surface area contributed by atoms with Gasteiger partial charge in [-0.1, -0.05) is 0 Å². The van der Waals surface area contributed by atoms with Gasteiger partial charge in [-0.05, 0) is 26.7 Å². The predicted octanol–water partition coefficient (Wildman–Crippen LogP) is 0.666. The normalized spacial score (nSPS) is 21.1. The van der Waals surface area contributed by atoms with Crippen LogP contribution in [0, 0.1) is 0 Å². The Morgan fingerprint density at radius 3 is 2.75 bits per heavy atom. The molecule has 1 heterocycles. The number of amides is 1. The standard InChI is InChI=1S/C12H25N3O/c1-10(2)14(8-6-13)9-12-5-4-7-15(12)11(3)16/h10,12H,4-9,13H2,1-3H3. The SMILES string of the molecule is CC(=O)N1CCCC1CN(CCN)C(C)C. The van der Waals surface area contributed by atoms with Crippen molar-refractivity contribution >= 4 is 5.91 Å². The van der Waals surface area contributed by atoms with Gasteiger partial charge in [0.2, 0.25) is 5.91 Å². The van der Waals surface area contributed by atoms with Gasteiger partial charge in [-0.2, -0.15) is 0 Å². The second kappa shape index (κ2) is 6.21. The third-order valence-electron chi connectivity index (χ3n) is 3.37. The van der Waals surface area contributed by atoms with Crippen LogP contribution in [0.5, 0.6) is 0 Å². The van der Waals surface area contributed by atoms with E-state index < -0.39 is 0 Å². The molecule has 94 valence electrons. The molecule has 0 aromatic carbocycles. The van der Waals surface area contributed by atoms with E-state index in [2.05, 4.69) is 18.7 Å². The monoisotopic (exact) mass is 227 g/mol. The molecule has 1 fully saturated rings. The summed E-state index contributed by atoms with van der Waals surface area (Å²) in [6.45, 7) is 9.53. The molecule has 0 aromatic heterocycles. The number of carbonyl (C=O) groups excluding carboxylic acids is 1. The summed E-state index contributed by atoms with van der Waals surface area (Å²) in [6, 6.07) is 0.893. The summed E-state index contributed by atoms with van der Waals surface area (Å²) >= 11 is 0. The average Bonchev–Trinajstić information content (AvgIpc) is 2.65. The summed E-state index contributed by atoms with van der Waals surface area (Å²) < 4.78 is 0. The van der Waals surface area contributed by atoms with Gasteiger partial charge in [-0.3, -0.25) is 9.69 Å². The summed E-state index contributed by atoms with van der Waals surface area (Å²) in [7, 11) is 0. The lowest BCUT2D eigenvalue weighted by Gasteiger charge is -2.32. The molecule has 1 rings (SSSR count). The van der Waals surface area contributed by atoms with Crippen LogP contribution < -0.4 is 5.73 Å². The fourth-order valence-corrected chi connectivity index (χ4v) is 2.44. The molecule has 0 radical (unpaired) electrons. The molecule has 1 aliphatic rings. The first kappa shape index (κ1) is 13.5. The van der Waals surface area contributed by atoms with E-state index in [0.29, 0.717) is 18.6 Å². The predicted molar refractivity (Wildman–Crippen MR) is 66.2 cm³/mol. The third-order valence-corrected chi connectivity index (χ3v) is 3.37. The van der Waals surface area contributed by atoms with Crippen molar-refractivity contribution < 1.29 is 4.79 Å². The van der Waals surface area contributed by atoms with Crippen molar-refractivity contribution in [1.29, 1.82) is 0 Å². The maximum Gasteiger partial charge on any atom is 0.219 e. The van der Waals surface area contributed by atoms with Gasteiger partial charge in [0.15, 0.2) is 0 Å². The Kier molecular flexibility index (Phi) is 5.22. The second-order valence-electron chi connectivity index (χ2n) is 4.89. The fourth-order valence-electron chi connectivity index (χ4n) is 2.44. The van der Waals surface area contributed by atoms with Crippen molar-refractivity contribution in [3.05, 3.63) is 0 Å². The van der Waals surface area contributed by atoms with E-state index in [0.717, 1.165) is 32.5 Å². The van der Waals surface area contributed by atoms with Gasteiger partial charge in [0.25, 0.3) is 0 Å². The second-order valence-corrected chi connectivity index (χ2v) is 4.89. The van der Waals surface area contributed by atoms with Gasteiger partial charge in [0.1, 0.15) is 0 Å². The number of hydrogen-bond donors (Lipinski definition) is 1. The summed E-state index contributed by atoms with van der Waals surface area (Å²) in [5.41, 5.74) is 5.61. The molecule has 16 heavy (non-hydrogen) atoms. The van der Waals surface area contributed by atoms with Crippen molar-refractivity contribution in [3.63, 3.8) is 0 Å². The molecule has 1 atom stereocenters. The molecule has 2 N–H and O–H groups in total. The molecule has 0 aliphatic carbocycles. The van der Waals surface area contributed by atoms with E-state index in [4.69, 9.17) is 5.73 Å². The molecule has 4 heteroatoms. The number of nitrogens with zero attached hydrogens (tertiary/aromatic N) is 2. The Bertz CT molecular complexity index is 230. The molecule has 1 amide bonds. The van der Waals surface area contributed by atoms with Gasteiger partial charge < -0.3 is 10.6 Å². The van der Waals surface area contributed by atoms with E-state index in [-0.39, 0.29) is 5.91 Å². The van der Waals surface area contributed by atoms with Crippen LogP contribution in [-0.2, 0) is 4.79 Å². The Balaban J connectivity index is 2.53. The lowest BCUT2D eigenvalue weighted by atomic mass is 10.2. The first-order valence-corrected chi connectivity index (χ1v) is 6.27. The molecular weight excluding hydrogens is 202 g/mol. The highest BCUT2D eigenvalue weighted by molar-refractivity contribution is 5.73. The lowest BCUT2D eigenvalue weighted by molar-refractivity contribution is -0.130. The van der Waals surface area contributed by atoms with Crippen LogP contribution in [0.2, 0.25) is 0 Å². The van der Waals surface area contributed by atoms with Crippen molar-refractivity contribution in [3.8, 4) is 0 Å². The van der Waals surface area contributed by atoms with Crippen LogP contribution >= 0.6 is 0 Å². The topological polar surface area (TPSA) is 49.6 Å². The van der Waals surface area contributed by atoms with Gasteiger partial charge in [0, 0.05) is 45.2 Å². The molecule has 0 bridgehead atoms. The fraction of sp³-hybridized carbons (Fsp3) is 0.917. The molecule has 1 saturated heterocycles. The van der Waals surface area contributed by atoms with Gasteiger partial charge in [-0.15, -0.1) is 0 Å². The number of likely N-dealkylation sites (tertiary alicyclic amines) is 1. The summed E-state index contributed by atoms with van der Waals surface area (Å²) in [4.78, 5) is 15.8. The van der Waals surface area contributed by atoms with Crippen molar-refractivity contribution in [1.82, 2.24) is 9.80 Å². The van der Waals surface area contributed by atoms with Crippen molar-refractivity contribution in [2.75, 3.05) is 26.2 Å². The molecule has 0 aromatic rings. The highest BCUT2D eigenvalue weighted by Gasteiger charge is 2.28. The summed E-state index contributed by atoms with van der Waals surface area (Å²) in [5, 5.41) is 0. The van der Waals surface area contributed by atoms with Crippen LogP contribution in [0.4, 0.5) is 0 Å². The zero-order chi connectivity index (χ0) is 12.1. The van der Waals surface area contributed by atoms with E-state index in [1.807, 2.05) is 4.90 Å². The highest BCUT2D eigenvalue weighted by atomic mass is 16.2. The highest BCUT2D eigenvalue weighted by Crippen LogP contribution is 2.18. The van der Waals surface area contributed by atoms with Gasteiger partial charge in [-0.25, -0.2) is 0 Å². The quantitative estimate of drug-likeness (QED) is 0.751. The number of hydrogen-bond acceptors (Lipinski definition) is 3. The molecule has 4 nitrogen and oxygen atoms in total. The minimum absolute atomic E-state index is 0.207. The van der Waals surface area contributed by atoms with E-state index in [1.54, 1.807) is 6.92 Å². The zero-order valence-electron chi connectivity index (χ0n) is 10.8. The molecule has 0 spiro atoms. The van der Waals surface area contributed by atoms with E-state index >= 15 is 0 Å².